The summed E-state index contributed by atoms with van der Waals surface area (Å²) < 4.78 is 7.89. The summed E-state index contributed by atoms with van der Waals surface area (Å²) in [6, 6.07) is 7.90. The maximum Gasteiger partial charge on any atom is 0.481 e. The lowest BCUT2D eigenvalue weighted by Gasteiger charge is -2.59. The minimum absolute atomic E-state index is 0.0621. The van der Waals surface area contributed by atoms with Crippen LogP contribution in [0.2, 0.25) is 0 Å². The number of thiophene rings is 1. The molecule has 4 bridgehead atoms. The summed E-state index contributed by atoms with van der Waals surface area (Å²) in [5.74, 6) is 1.45. The quantitative estimate of drug-likeness (QED) is 0.627. The van der Waals surface area contributed by atoms with Crippen LogP contribution in [0.3, 0.4) is 0 Å². The Morgan fingerprint density at radius 2 is 1.96 bits per heavy atom. The van der Waals surface area contributed by atoms with Crippen LogP contribution in [-0.2, 0) is 4.74 Å². The molecule has 3 aliphatic heterocycles. The van der Waals surface area contributed by atoms with Gasteiger partial charge in [-0.1, -0.05) is 0 Å². The fraction of sp³-hybridized carbons (Fsp3) is 0.500. The maximum atomic E-state index is 12.6. The number of esters is 1. The standard InChI is InChI=1S/C18H19BNO2S/c19-20-8-11-5-14(9-20)17(15(6-11)10-20)22-18(21)13-1-2-16-12(7-13)3-4-23-16/h1-4,7,11,14-15,17H,5-6,8-10H2/q+1. The van der Waals surface area contributed by atoms with E-state index in [2.05, 4.69) is 11.4 Å². The highest BCUT2D eigenvalue weighted by atomic mass is 32.1. The van der Waals surface area contributed by atoms with E-state index in [1.807, 2.05) is 18.2 Å². The smallest absolute Gasteiger partial charge is 0.458 e. The maximum absolute atomic E-state index is 12.6. The highest BCUT2D eigenvalue weighted by molar-refractivity contribution is 7.17. The van der Waals surface area contributed by atoms with Crippen LogP contribution >= 0.6 is 11.3 Å². The lowest BCUT2D eigenvalue weighted by Crippen LogP contribution is -2.69. The van der Waals surface area contributed by atoms with Gasteiger partial charge in [0.25, 0.3) is 0 Å². The number of rotatable bonds is 2. The molecule has 0 N–H and O–H groups in total. The van der Waals surface area contributed by atoms with Crippen LogP contribution in [0.4, 0.5) is 0 Å². The molecule has 2 atom stereocenters. The molecule has 1 aliphatic carbocycles. The summed E-state index contributed by atoms with van der Waals surface area (Å²) in [5.41, 5.74) is 0.668. The first-order valence-corrected chi connectivity index (χ1v) is 9.30. The van der Waals surface area contributed by atoms with Crippen molar-refractivity contribution < 1.29 is 13.9 Å². The minimum atomic E-state index is -0.172. The van der Waals surface area contributed by atoms with Crippen molar-refractivity contribution in [2.24, 2.45) is 17.8 Å². The Kier molecular flexibility index (Phi) is 2.96. The van der Waals surface area contributed by atoms with Gasteiger partial charge in [-0.3, -0.25) is 0 Å². The number of carbonyl (C=O) groups excluding carboxylic acids is 1. The molecule has 4 fully saturated rings. The van der Waals surface area contributed by atoms with Crippen molar-refractivity contribution in [2.75, 3.05) is 19.6 Å². The number of hydrogen-bond acceptors (Lipinski definition) is 3. The lowest BCUT2D eigenvalue weighted by molar-refractivity contribution is -0.852. The van der Waals surface area contributed by atoms with E-state index in [4.69, 9.17) is 12.7 Å². The second-order valence-electron chi connectivity index (χ2n) is 7.67. The van der Waals surface area contributed by atoms with E-state index in [0.717, 1.165) is 30.9 Å². The fourth-order valence-electron chi connectivity index (χ4n) is 5.26. The first-order valence-electron chi connectivity index (χ1n) is 8.43. The first kappa shape index (κ1) is 14.1. The zero-order valence-corrected chi connectivity index (χ0v) is 13.8. The lowest BCUT2D eigenvalue weighted by atomic mass is 9.63. The van der Waals surface area contributed by atoms with Gasteiger partial charge < -0.3 is 9.13 Å². The van der Waals surface area contributed by atoms with E-state index in [0.29, 0.717) is 21.8 Å². The average Bonchev–Trinajstić information content (AvgIpc) is 2.96. The van der Waals surface area contributed by atoms with Crippen LogP contribution in [0, 0.1) is 17.8 Å². The topological polar surface area (TPSA) is 26.3 Å². The summed E-state index contributed by atoms with van der Waals surface area (Å²) in [5, 5.41) is 3.17. The van der Waals surface area contributed by atoms with E-state index >= 15 is 0 Å². The molecular formula is C18H19BNO2S+. The molecule has 0 amide bonds. The van der Waals surface area contributed by atoms with Crippen LogP contribution in [-0.4, -0.2) is 44.1 Å². The second kappa shape index (κ2) is 4.84. The molecular weight excluding hydrogens is 305 g/mol. The molecule has 3 saturated heterocycles. The molecule has 1 aromatic carbocycles. The van der Waals surface area contributed by atoms with E-state index in [9.17, 15) is 4.79 Å². The monoisotopic (exact) mass is 324 g/mol. The summed E-state index contributed by atoms with van der Waals surface area (Å²) >= 11 is 1.69. The van der Waals surface area contributed by atoms with Gasteiger partial charge in [0, 0.05) is 22.5 Å². The van der Waals surface area contributed by atoms with E-state index in [1.165, 1.54) is 17.5 Å². The Labute approximate surface area is 141 Å². The third-order valence-electron chi connectivity index (χ3n) is 5.95. The second-order valence-corrected chi connectivity index (χ2v) is 8.61. The van der Waals surface area contributed by atoms with Crippen LogP contribution in [0.15, 0.2) is 29.6 Å². The fourth-order valence-corrected chi connectivity index (χ4v) is 6.03. The van der Waals surface area contributed by atoms with Gasteiger partial charge in [-0.05, 0) is 47.9 Å². The molecule has 3 nitrogen and oxygen atoms in total. The number of benzene rings is 1. The van der Waals surface area contributed by atoms with Gasteiger partial charge in [-0.25, -0.2) is 4.79 Å². The molecule has 5 heteroatoms. The highest BCUT2D eigenvalue weighted by Gasteiger charge is 2.55. The molecule has 23 heavy (non-hydrogen) atoms. The molecule has 0 spiro atoms. The number of ether oxygens (including phenoxy) is 1. The third kappa shape index (κ3) is 2.24. The molecule has 2 unspecified atom stereocenters. The molecule has 2 radical (unpaired) electrons. The number of nitrogens with zero attached hydrogens (tertiary/aromatic N) is 1. The number of carbonyl (C=O) groups is 1. The van der Waals surface area contributed by atoms with Gasteiger partial charge in [-0.2, -0.15) is 0 Å². The average molecular weight is 324 g/mol. The highest BCUT2D eigenvalue weighted by Crippen LogP contribution is 2.47. The molecule has 4 aliphatic rings. The molecule has 6 rings (SSSR count). The minimum Gasteiger partial charge on any atom is -0.458 e. The van der Waals surface area contributed by atoms with Crippen LogP contribution in [0.5, 0.6) is 0 Å². The Hall–Kier alpha value is -1.33. The number of quaternary nitrogens is 1. The molecule has 4 heterocycles. The van der Waals surface area contributed by atoms with Gasteiger partial charge in [0.15, 0.2) is 0 Å². The first-order chi connectivity index (χ1) is 11.1. The van der Waals surface area contributed by atoms with Crippen molar-refractivity contribution in [3.05, 3.63) is 35.2 Å². The van der Waals surface area contributed by atoms with Gasteiger partial charge in [0.2, 0.25) is 0 Å². The largest absolute Gasteiger partial charge is 0.481 e. The van der Waals surface area contributed by atoms with Crippen molar-refractivity contribution in [2.45, 2.75) is 18.9 Å². The van der Waals surface area contributed by atoms with Gasteiger partial charge >= 0.3 is 14.0 Å². The van der Waals surface area contributed by atoms with Crippen LogP contribution < -0.4 is 0 Å². The van der Waals surface area contributed by atoms with Crippen molar-refractivity contribution in [1.82, 2.24) is 0 Å². The Morgan fingerprint density at radius 3 is 2.70 bits per heavy atom. The van der Waals surface area contributed by atoms with Crippen LogP contribution in [0.25, 0.3) is 10.1 Å². The Bertz CT molecular complexity index is 772. The van der Waals surface area contributed by atoms with E-state index in [1.54, 1.807) is 11.3 Å². The SMILES string of the molecule is [B][N+]12CC3CC(C1)C(OC(=O)c1ccc4sccc4c1)C(C3)C2. The van der Waals surface area contributed by atoms with Crippen molar-refractivity contribution in [3.8, 4) is 0 Å². The third-order valence-corrected chi connectivity index (χ3v) is 6.85. The van der Waals surface area contributed by atoms with Gasteiger partial charge in [-0.15, -0.1) is 11.3 Å². The Morgan fingerprint density at radius 1 is 1.17 bits per heavy atom. The van der Waals surface area contributed by atoms with E-state index < -0.39 is 0 Å². The predicted octanol–water partition coefficient (Wildman–Crippen LogP) is 3.00. The zero-order chi connectivity index (χ0) is 15.6. The van der Waals surface area contributed by atoms with E-state index in [-0.39, 0.29) is 12.1 Å². The molecule has 2 aromatic rings. The van der Waals surface area contributed by atoms with Gasteiger partial charge in [0.1, 0.15) is 6.10 Å². The molecule has 1 aromatic heterocycles. The summed E-state index contributed by atoms with van der Waals surface area (Å²) in [6.07, 6.45) is 2.41. The number of piperidine rings is 3. The normalized spacial score (nSPS) is 38.1. The van der Waals surface area contributed by atoms with Crippen molar-refractivity contribution in [3.63, 3.8) is 0 Å². The molecule has 116 valence electrons. The van der Waals surface area contributed by atoms with Gasteiger partial charge in [0.05, 0.1) is 25.2 Å². The van der Waals surface area contributed by atoms with Crippen molar-refractivity contribution >= 4 is 35.4 Å². The zero-order valence-electron chi connectivity index (χ0n) is 13.0. The summed E-state index contributed by atoms with van der Waals surface area (Å²) in [7, 11) is 6.47. The summed E-state index contributed by atoms with van der Waals surface area (Å²) in [4.78, 5) is 12.6. The number of hydrogen-bond donors (Lipinski definition) is 0. The van der Waals surface area contributed by atoms with Crippen LogP contribution in [0.1, 0.15) is 23.2 Å². The van der Waals surface area contributed by atoms with Crippen molar-refractivity contribution in [1.29, 1.82) is 0 Å². The summed E-state index contributed by atoms with van der Waals surface area (Å²) in [6.45, 7) is 3.05. The number of fused-ring (bicyclic) bond motifs is 1. The Balaban J connectivity index is 1.38. The molecule has 1 saturated carbocycles. The predicted molar refractivity (Wildman–Crippen MR) is 91.3 cm³/mol.